The number of anilines is 1. The summed E-state index contributed by atoms with van der Waals surface area (Å²) in [5.74, 6) is 0.770. The summed E-state index contributed by atoms with van der Waals surface area (Å²) in [6.07, 6.45) is 0.213. The van der Waals surface area contributed by atoms with Crippen molar-refractivity contribution in [1.82, 2.24) is 4.98 Å². The smallest absolute Gasteiger partial charge is 0.387 e. The minimum absolute atomic E-state index is 0.0552. The molecule has 1 unspecified atom stereocenters. The van der Waals surface area contributed by atoms with Gasteiger partial charge in [-0.1, -0.05) is 23.7 Å². The van der Waals surface area contributed by atoms with Gasteiger partial charge in [-0.3, -0.25) is 0 Å². The molecular weight excluding hydrogens is 426 g/mol. The largest absolute Gasteiger partial charge is 0.507 e. The second-order valence-corrected chi connectivity index (χ2v) is 7.92. The summed E-state index contributed by atoms with van der Waals surface area (Å²) in [5, 5.41) is 21.0. The molecule has 31 heavy (non-hydrogen) atoms. The van der Waals surface area contributed by atoms with Gasteiger partial charge in [0.05, 0.1) is 11.8 Å². The van der Waals surface area contributed by atoms with Gasteiger partial charge in [0.2, 0.25) is 0 Å². The van der Waals surface area contributed by atoms with Gasteiger partial charge >= 0.3 is 6.61 Å². The quantitative estimate of drug-likeness (QED) is 0.560. The Morgan fingerprint density at radius 2 is 1.87 bits per heavy atom. The number of benzene rings is 2. The van der Waals surface area contributed by atoms with Crippen LogP contribution >= 0.6 is 11.6 Å². The number of nitrogens with zero attached hydrogens (tertiary/aromatic N) is 2. The molecule has 3 aromatic rings. The maximum absolute atomic E-state index is 12.4. The van der Waals surface area contributed by atoms with E-state index in [2.05, 4.69) is 4.74 Å². The van der Waals surface area contributed by atoms with Crippen LogP contribution in [0.25, 0.3) is 22.4 Å². The highest BCUT2D eigenvalue weighted by molar-refractivity contribution is 6.31. The molecule has 1 aromatic heterocycles. The summed E-state index contributed by atoms with van der Waals surface area (Å²) in [6.45, 7) is 0.0209. The van der Waals surface area contributed by atoms with Crippen LogP contribution in [0.2, 0.25) is 5.02 Å². The second-order valence-electron chi connectivity index (χ2n) is 7.51. The summed E-state index contributed by atoms with van der Waals surface area (Å²) in [7, 11) is 0. The van der Waals surface area contributed by atoms with E-state index in [9.17, 15) is 19.0 Å². The number of aliphatic hydroxyl groups excluding tert-OH is 1. The van der Waals surface area contributed by atoms with E-state index < -0.39 is 12.7 Å². The molecular formula is C23H21ClF2N2O3. The molecule has 0 spiro atoms. The van der Waals surface area contributed by atoms with Crippen molar-refractivity contribution in [3.05, 3.63) is 59.1 Å². The van der Waals surface area contributed by atoms with Crippen molar-refractivity contribution in [2.24, 2.45) is 0 Å². The lowest BCUT2D eigenvalue weighted by Crippen LogP contribution is -2.22. The number of ether oxygens (including phenoxy) is 1. The number of hydrogen-bond acceptors (Lipinski definition) is 5. The molecule has 0 radical (unpaired) electrons. The molecule has 8 heteroatoms. The van der Waals surface area contributed by atoms with Gasteiger partial charge in [-0.2, -0.15) is 8.78 Å². The molecule has 0 aliphatic carbocycles. The van der Waals surface area contributed by atoms with E-state index in [1.54, 1.807) is 37.3 Å². The zero-order valence-corrected chi connectivity index (χ0v) is 17.5. The first-order valence-electron chi connectivity index (χ1n) is 9.80. The van der Waals surface area contributed by atoms with Crippen LogP contribution in [0.15, 0.2) is 48.5 Å². The van der Waals surface area contributed by atoms with Crippen LogP contribution in [0, 0.1) is 6.92 Å². The van der Waals surface area contributed by atoms with Gasteiger partial charge in [-0.15, -0.1) is 0 Å². The fraction of sp³-hybridized carbons (Fsp3) is 0.261. The van der Waals surface area contributed by atoms with Gasteiger partial charge in [-0.25, -0.2) is 4.98 Å². The third-order valence-electron chi connectivity index (χ3n) is 5.26. The number of β-amino-alcohol motifs (C(OH)–C–C–N with tert-alkyl or cyclic N) is 1. The van der Waals surface area contributed by atoms with Gasteiger partial charge in [-0.05, 0) is 66.4 Å². The van der Waals surface area contributed by atoms with E-state index >= 15 is 0 Å². The molecule has 0 saturated carbocycles. The number of rotatable bonds is 5. The Kier molecular flexibility index (Phi) is 5.98. The molecule has 0 bridgehead atoms. The van der Waals surface area contributed by atoms with Gasteiger partial charge in [0.1, 0.15) is 17.3 Å². The lowest BCUT2D eigenvalue weighted by molar-refractivity contribution is -0.0498. The van der Waals surface area contributed by atoms with Crippen LogP contribution in [-0.2, 0) is 0 Å². The van der Waals surface area contributed by atoms with E-state index in [-0.39, 0.29) is 11.5 Å². The SMILES string of the molecule is Cc1cc(O)c(-c2cc(-c3ccc(OC(F)F)cc3)cc(N3CCC(O)C3)n2)cc1Cl. The number of alkyl halides is 2. The molecule has 5 nitrogen and oxygen atoms in total. The molecule has 1 atom stereocenters. The van der Waals surface area contributed by atoms with Crippen LogP contribution < -0.4 is 9.64 Å². The summed E-state index contributed by atoms with van der Waals surface area (Å²) in [4.78, 5) is 6.68. The number of aryl methyl sites for hydroxylation is 1. The minimum Gasteiger partial charge on any atom is -0.507 e. The van der Waals surface area contributed by atoms with Gasteiger partial charge in [0, 0.05) is 23.7 Å². The third-order valence-corrected chi connectivity index (χ3v) is 5.67. The summed E-state index contributed by atoms with van der Waals surface area (Å²) >= 11 is 6.28. The second kappa shape index (κ2) is 8.69. The lowest BCUT2D eigenvalue weighted by Gasteiger charge is -2.19. The van der Waals surface area contributed by atoms with E-state index in [4.69, 9.17) is 16.6 Å². The normalized spacial score (nSPS) is 16.2. The Bertz CT molecular complexity index is 1090. The van der Waals surface area contributed by atoms with Gasteiger partial charge < -0.3 is 19.8 Å². The first kappa shape index (κ1) is 21.3. The van der Waals surface area contributed by atoms with E-state index in [1.165, 1.54) is 12.1 Å². The Balaban J connectivity index is 1.80. The topological polar surface area (TPSA) is 65.8 Å². The Morgan fingerprint density at radius 1 is 1.13 bits per heavy atom. The zero-order valence-electron chi connectivity index (χ0n) is 16.7. The fourth-order valence-electron chi connectivity index (χ4n) is 3.63. The zero-order chi connectivity index (χ0) is 22.1. The molecule has 2 aromatic carbocycles. The van der Waals surface area contributed by atoms with E-state index in [0.29, 0.717) is 41.6 Å². The minimum atomic E-state index is -2.89. The fourth-order valence-corrected chi connectivity index (χ4v) is 3.80. The molecule has 0 amide bonds. The average molecular weight is 447 g/mol. The predicted octanol–water partition coefficient (Wildman–Crippen LogP) is 5.26. The number of aliphatic hydroxyl groups is 1. The molecule has 1 aliphatic heterocycles. The Hall–Kier alpha value is -2.90. The van der Waals surface area contributed by atoms with E-state index in [1.807, 2.05) is 11.0 Å². The van der Waals surface area contributed by atoms with Gasteiger partial charge in [0.25, 0.3) is 0 Å². The third kappa shape index (κ3) is 4.73. The summed E-state index contributed by atoms with van der Waals surface area (Å²) in [6, 6.07) is 13.2. The number of hydrogen-bond donors (Lipinski definition) is 2. The van der Waals surface area contributed by atoms with Crippen molar-refractivity contribution in [1.29, 1.82) is 0 Å². The van der Waals surface area contributed by atoms with Crippen molar-refractivity contribution in [3.63, 3.8) is 0 Å². The molecule has 1 fully saturated rings. The van der Waals surface area contributed by atoms with Gasteiger partial charge in [0.15, 0.2) is 0 Å². The van der Waals surface area contributed by atoms with Crippen molar-refractivity contribution >= 4 is 17.4 Å². The molecule has 4 rings (SSSR count). The highest BCUT2D eigenvalue weighted by Crippen LogP contribution is 2.37. The van der Waals surface area contributed by atoms with Crippen molar-refractivity contribution in [3.8, 4) is 33.9 Å². The number of aromatic nitrogens is 1. The Morgan fingerprint density at radius 3 is 2.52 bits per heavy atom. The standard InChI is InChI=1S/C23H21ClF2N2O3/c1-13-8-21(30)18(11-19(13)24)20-9-15(10-22(27-20)28-7-6-16(29)12-28)14-2-4-17(5-3-14)31-23(25)26/h2-5,8-11,16,23,29-30H,6-7,12H2,1H3. The van der Waals surface area contributed by atoms with Crippen molar-refractivity contribution < 1.29 is 23.7 Å². The number of phenolic OH excluding ortho intramolecular Hbond substituents is 1. The lowest BCUT2D eigenvalue weighted by atomic mass is 10.0. The van der Waals surface area contributed by atoms with Crippen LogP contribution in [0.1, 0.15) is 12.0 Å². The van der Waals surface area contributed by atoms with Crippen molar-refractivity contribution in [2.75, 3.05) is 18.0 Å². The maximum atomic E-state index is 12.4. The number of phenols is 1. The summed E-state index contributed by atoms with van der Waals surface area (Å²) in [5.41, 5.74) is 3.29. The number of aromatic hydroxyl groups is 1. The van der Waals surface area contributed by atoms with Crippen LogP contribution in [0.4, 0.5) is 14.6 Å². The molecule has 1 aliphatic rings. The van der Waals surface area contributed by atoms with Crippen molar-refractivity contribution in [2.45, 2.75) is 26.1 Å². The molecule has 2 N–H and O–H groups in total. The highest BCUT2D eigenvalue weighted by atomic mass is 35.5. The molecule has 1 saturated heterocycles. The molecule has 162 valence electrons. The average Bonchev–Trinajstić information content (AvgIpc) is 3.17. The first-order chi connectivity index (χ1) is 14.8. The highest BCUT2D eigenvalue weighted by Gasteiger charge is 2.23. The van der Waals surface area contributed by atoms with E-state index in [0.717, 1.165) is 16.7 Å². The van der Waals surface area contributed by atoms with Crippen LogP contribution in [0.5, 0.6) is 11.5 Å². The molecule has 2 heterocycles. The summed E-state index contributed by atoms with van der Waals surface area (Å²) < 4.78 is 29.3. The number of halogens is 3. The first-order valence-corrected chi connectivity index (χ1v) is 10.2. The van der Waals surface area contributed by atoms with Crippen LogP contribution in [-0.4, -0.2) is 41.0 Å². The monoisotopic (exact) mass is 446 g/mol. The van der Waals surface area contributed by atoms with Crippen LogP contribution in [0.3, 0.4) is 0 Å². The Labute approximate surface area is 183 Å². The predicted molar refractivity (Wildman–Crippen MR) is 116 cm³/mol. The maximum Gasteiger partial charge on any atom is 0.387 e. The number of pyridine rings is 1.